The lowest BCUT2D eigenvalue weighted by Gasteiger charge is -2.07. The Kier molecular flexibility index (Phi) is 3.93. The molecule has 0 aliphatic carbocycles. The molecule has 3 rings (SSSR count). The minimum atomic E-state index is 0.315. The van der Waals surface area contributed by atoms with Crippen molar-refractivity contribution in [2.75, 3.05) is 0 Å². The summed E-state index contributed by atoms with van der Waals surface area (Å²) < 4.78 is 1.98. The molecule has 0 N–H and O–H groups in total. The second kappa shape index (κ2) is 5.67. The van der Waals surface area contributed by atoms with Gasteiger partial charge in [0.15, 0.2) is 0 Å². The zero-order valence-electron chi connectivity index (χ0n) is 10.8. The maximum absolute atomic E-state index is 4.23. The first-order chi connectivity index (χ1) is 9.26. The summed E-state index contributed by atoms with van der Waals surface area (Å²) in [6, 6.07) is 8.66. The fraction of sp³-hybridized carbons (Fsp3) is 0.429. The second-order valence-corrected chi connectivity index (χ2v) is 7.24. The normalized spacial score (nSPS) is 19.4. The number of hydrogen-bond donors (Lipinski definition) is 0. The lowest BCUT2D eigenvalue weighted by molar-refractivity contribution is 0.572. The van der Waals surface area contributed by atoms with E-state index in [1.165, 1.54) is 10.5 Å². The molecular formula is C14H16BrN3S. The summed E-state index contributed by atoms with van der Waals surface area (Å²) in [6.45, 7) is 3.07. The van der Waals surface area contributed by atoms with Crippen molar-refractivity contribution < 1.29 is 0 Å². The van der Waals surface area contributed by atoms with Crippen LogP contribution in [-0.2, 0) is 13.0 Å². The van der Waals surface area contributed by atoms with Gasteiger partial charge in [-0.1, -0.05) is 46.3 Å². The number of halogens is 1. The molecule has 19 heavy (non-hydrogen) atoms. The van der Waals surface area contributed by atoms with Crippen LogP contribution in [-0.4, -0.2) is 20.2 Å². The number of aromatic nitrogens is 3. The van der Waals surface area contributed by atoms with Crippen molar-refractivity contribution in [2.24, 2.45) is 0 Å². The van der Waals surface area contributed by atoms with Gasteiger partial charge in [-0.3, -0.25) is 4.68 Å². The fourth-order valence-corrected chi connectivity index (χ4v) is 3.84. The molecule has 100 valence electrons. The number of thioether (sulfide) groups is 1. The fourth-order valence-electron chi connectivity index (χ4n) is 2.32. The van der Waals surface area contributed by atoms with E-state index in [-0.39, 0.29) is 0 Å². The first-order valence-corrected chi connectivity index (χ1v) is 8.34. The van der Waals surface area contributed by atoms with E-state index in [0.717, 1.165) is 25.1 Å². The molecule has 0 bridgehead atoms. The smallest absolute Gasteiger partial charge is 0.0963 e. The van der Waals surface area contributed by atoms with Crippen LogP contribution in [0.2, 0.25) is 0 Å². The van der Waals surface area contributed by atoms with Crippen molar-refractivity contribution in [2.45, 2.75) is 41.3 Å². The van der Waals surface area contributed by atoms with Crippen LogP contribution >= 0.6 is 27.7 Å². The standard InChI is InChI=1S/C14H16BrN3S/c1-2-12(15)13-9-18(17-16-13)8-11-7-10-5-3-4-6-14(10)19-11/h3-6,9,11-12H,2,7-8H2,1H3. The highest BCUT2D eigenvalue weighted by molar-refractivity contribution is 9.09. The van der Waals surface area contributed by atoms with Crippen LogP contribution in [0.15, 0.2) is 35.4 Å². The average molecular weight is 338 g/mol. The number of rotatable bonds is 4. The summed E-state index contributed by atoms with van der Waals surface area (Å²) in [5, 5.41) is 9.04. The summed E-state index contributed by atoms with van der Waals surface area (Å²) in [4.78, 5) is 1.73. The number of benzene rings is 1. The van der Waals surface area contributed by atoms with Crippen molar-refractivity contribution in [1.29, 1.82) is 0 Å². The highest BCUT2D eigenvalue weighted by Gasteiger charge is 2.22. The van der Waals surface area contributed by atoms with Crippen molar-refractivity contribution in [3.63, 3.8) is 0 Å². The van der Waals surface area contributed by atoms with Crippen molar-refractivity contribution in [3.8, 4) is 0 Å². The number of fused-ring (bicyclic) bond motifs is 1. The number of nitrogens with zero attached hydrogens (tertiary/aromatic N) is 3. The predicted octanol–water partition coefficient (Wildman–Crippen LogP) is 3.84. The summed E-state index contributed by atoms with van der Waals surface area (Å²) in [5.74, 6) is 0. The molecule has 0 saturated carbocycles. The van der Waals surface area contributed by atoms with Crippen LogP contribution < -0.4 is 0 Å². The molecule has 0 saturated heterocycles. The lowest BCUT2D eigenvalue weighted by Crippen LogP contribution is -2.12. The Labute approximate surface area is 125 Å². The topological polar surface area (TPSA) is 30.7 Å². The van der Waals surface area contributed by atoms with Gasteiger partial charge in [0.2, 0.25) is 0 Å². The Morgan fingerprint density at radius 2 is 2.32 bits per heavy atom. The zero-order chi connectivity index (χ0) is 13.2. The molecule has 2 atom stereocenters. The van der Waals surface area contributed by atoms with Gasteiger partial charge in [0, 0.05) is 16.3 Å². The van der Waals surface area contributed by atoms with Crippen molar-refractivity contribution in [3.05, 3.63) is 41.7 Å². The molecule has 2 heterocycles. The summed E-state index contributed by atoms with van der Waals surface area (Å²) in [6.07, 6.45) is 4.22. The van der Waals surface area contributed by atoms with Crippen LogP contribution in [0.3, 0.4) is 0 Å². The quantitative estimate of drug-likeness (QED) is 0.794. The van der Waals surface area contributed by atoms with E-state index in [9.17, 15) is 0 Å². The molecule has 1 aliphatic heterocycles. The molecule has 0 fully saturated rings. The Balaban J connectivity index is 1.66. The maximum atomic E-state index is 4.23. The monoisotopic (exact) mass is 337 g/mol. The Morgan fingerprint density at radius 1 is 1.47 bits per heavy atom. The molecule has 3 nitrogen and oxygen atoms in total. The molecular weight excluding hydrogens is 322 g/mol. The van der Waals surface area contributed by atoms with Crippen LogP contribution in [0.1, 0.15) is 29.4 Å². The van der Waals surface area contributed by atoms with E-state index in [1.807, 2.05) is 16.4 Å². The SMILES string of the molecule is CCC(Br)c1cn(CC2Cc3ccccc3S2)nn1. The molecule has 5 heteroatoms. The predicted molar refractivity (Wildman–Crippen MR) is 81.8 cm³/mol. The maximum Gasteiger partial charge on any atom is 0.0963 e. The van der Waals surface area contributed by atoms with E-state index in [0.29, 0.717) is 10.1 Å². The molecule has 0 radical (unpaired) electrons. The summed E-state index contributed by atoms with van der Waals surface area (Å²) >= 11 is 5.57. The number of hydrogen-bond acceptors (Lipinski definition) is 3. The zero-order valence-corrected chi connectivity index (χ0v) is 13.2. The van der Waals surface area contributed by atoms with Gasteiger partial charge < -0.3 is 0 Å². The second-order valence-electron chi connectivity index (χ2n) is 4.79. The average Bonchev–Trinajstić information content (AvgIpc) is 3.04. The summed E-state index contributed by atoms with van der Waals surface area (Å²) in [7, 11) is 0. The van der Waals surface area contributed by atoms with Gasteiger partial charge in [-0.25, -0.2) is 0 Å². The van der Waals surface area contributed by atoms with Crippen LogP contribution in [0.5, 0.6) is 0 Å². The molecule has 1 aromatic heterocycles. The Morgan fingerprint density at radius 3 is 3.11 bits per heavy atom. The molecule has 0 amide bonds. The largest absolute Gasteiger partial charge is 0.251 e. The first kappa shape index (κ1) is 13.2. The highest BCUT2D eigenvalue weighted by atomic mass is 79.9. The van der Waals surface area contributed by atoms with Gasteiger partial charge in [0.1, 0.15) is 0 Å². The van der Waals surface area contributed by atoms with Gasteiger partial charge in [-0.15, -0.1) is 16.9 Å². The first-order valence-electron chi connectivity index (χ1n) is 6.55. The van der Waals surface area contributed by atoms with Crippen molar-refractivity contribution in [1.82, 2.24) is 15.0 Å². The van der Waals surface area contributed by atoms with Gasteiger partial charge in [-0.05, 0) is 24.5 Å². The van der Waals surface area contributed by atoms with E-state index in [4.69, 9.17) is 0 Å². The van der Waals surface area contributed by atoms with E-state index >= 15 is 0 Å². The third-order valence-electron chi connectivity index (χ3n) is 3.34. The third-order valence-corrected chi connectivity index (χ3v) is 5.76. The van der Waals surface area contributed by atoms with E-state index in [1.54, 1.807) is 0 Å². The van der Waals surface area contributed by atoms with Gasteiger partial charge in [0.05, 0.1) is 17.1 Å². The minimum Gasteiger partial charge on any atom is -0.251 e. The van der Waals surface area contributed by atoms with Crippen LogP contribution in [0, 0.1) is 0 Å². The molecule has 1 aromatic carbocycles. The lowest BCUT2D eigenvalue weighted by atomic mass is 10.1. The van der Waals surface area contributed by atoms with Gasteiger partial charge in [-0.2, -0.15) is 0 Å². The molecule has 2 unspecified atom stereocenters. The van der Waals surface area contributed by atoms with Crippen LogP contribution in [0.25, 0.3) is 0 Å². The van der Waals surface area contributed by atoms with Crippen LogP contribution in [0.4, 0.5) is 0 Å². The molecule has 1 aliphatic rings. The highest BCUT2D eigenvalue weighted by Crippen LogP contribution is 2.37. The molecule has 2 aromatic rings. The third kappa shape index (κ3) is 2.87. The van der Waals surface area contributed by atoms with Crippen molar-refractivity contribution >= 4 is 27.7 Å². The van der Waals surface area contributed by atoms with Gasteiger partial charge in [0.25, 0.3) is 0 Å². The minimum absolute atomic E-state index is 0.315. The molecule has 0 spiro atoms. The van der Waals surface area contributed by atoms with E-state index < -0.39 is 0 Å². The Hall–Kier alpha value is -0.810. The summed E-state index contributed by atoms with van der Waals surface area (Å²) in [5.41, 5.74) is 2.49. The number of alkyl halides is 1. The van der Waals surface area contributed by atoms with Gasteiger partial charge >= 0.3 is 0 Å². The van der Waals surface area contributed by atoms with E-state index in [2.05, 4.69) is 63.6 Å². The Bertz CT molecular complexity index is 544.